The van der Waals surface area contributed by atoms with Gasteiger partial charge in [-0.25, -0.2) is 9.59 Å². The van der Waals surface area contributed by atoms with Gasteiger partial charge in [0.05, 0.1) is 21.1 Å². The highest BCUT2D eigenvalue weighted by Crippen LogP contribution is 2.05. The quantitative estimate of drug-likeness (QED) is 0.335. The molecule has 0 spiro atoms. The molecule has 7 nitrogen and oxygen atoms in total. The lowest BCUT2D eigenvalue weighted by atomic mass is 10.2. The van der Waals surface area contributed by atoms with E-state index in [1.165, 1.54) is 0 Å². The summed E-state index contributed by atoms with van der Waals surface area (Å²) in [6.45, 7) is 0.278. The Labute approximate surface area is 105 Å². The van der Waals surface area contributed by atoms with E-state index in [-0.39, 0.29) is 6.54 Å². The number of carboxylic acids is 2. The van der Waals surface area contributed by atoms with Crippen LogP contribution in [0, 0.1) is 0 Å². The molecule has 0 aliphatic heterocycles. The van der Waals surface area contributed by atoms with Gasteiger partial charge in [0.15, 0.2) is 6.10 Å². The Balaban J connectivity index is 4.54. The van der Waals surface area contributed by atoms with Crippen molar-refractivity contribution in [1.82, 2.24) is 0 Å². The highest BCUT2D eigenvalue weighted by atomic mass is 16.5. The average molecular weight is 259 g/mol. The number of carboxylic acid groups (broad SMARTS) is 2. The Kier molecular flexibility index (Phi) is 6.04. The van der Waals surface area contributed by atoms with Gasteiger partial charge in [-0.2, -0.15) is 0 Å². The third-order valence-corrected chi connectivity index (χ3v) is 1.79. The summed E-state index contributed by atoms with van der Waals surface area (Å²) < 4.78 is 5.26. The molecule has 0 aliphatic rings. The molecule has 0 rings (SSSR count). The van der Waals surface area contributed by atoms with Crippen LogP contribution in [0.1, 0.15) is 6.42 Å². The van der Waals surface area contributed by atoms with Gasteiger partial charge in [0.1, 0.15) is 6.54 Å². The number of carbonyl (C=O) groups is 3. The van der Waals surface area contributed by atoms with Crippen molar-refractivity contribution in [2.45, 2.75) is 12.5 Å². The zero-order valence-corrected chi connectivity index (χ0v) is 10.6. The summed E-state index contributed by atoms with van der Waals surface area (Å²) in [6.07, 6.45) is 0.0771. The number of quaternary nitrogens is 1. The molecule has 0 unspecified atom stereocenters. The standard InChI is InChI=1S/C11H17NO6/c1-12(2,3)7-8(6-10(15)16)18-11(17)5-4-9(13)14/h4-5,8H,6-7H2,1-3H3,(H-,13,14,15,16)/b5-4+/t8-/m1/s1. The Morgan fingerprint density at radius 2 is 1.83 bits per heavy atom. The van der Waals surface area contributed by atoms with E-state index >= 15 is 0 Å². The van der Waals surface area contributed by atoms with Crippen molar-refractivity contribution in [3.63, 3.8) is 0 Å². The fourth-order valence-corrected chi connectivity index (χ4v) is 1.28. The van der Waals surface area contributed by atoms with Crippen LogP contribution in [0.15, 0.2) is 12.2 Å². The van der Waals surface area contributed by atoms with Crippen molar-refractivity contribution < 1.29 is 33.8 Å². The number of carbonyl (C=O) groups excluding carboxylic acids is 2. The smallest absolute Gasteiger partial charge is 0.331 e. The van der Waals surface area contributed by atoms with Gasteiger partial charge in [-0.3, -0.25) is 0 Å². The third-order valence-electron chi connectivity index (χ3n) is 1.79. The number of likely N-dealkylation sites (N-methyl/N-ethyl adjacent to an activating group) is 1. The Hall–Kier alpha value is -1.89. The molecule has 0 fully saturated rings. The minimum atomic E-state index is -1.33. The van der Waals surface area contributed by atoms with E-state index in [0.29, 0.717) is 10.6 Å². The van der Waals surface area contributed by atoms with Crippen molar-refractivity contribution in [2.75, 3.05) is 27.7 Å². The van der Waals surface area contributed by atoms with Crippen LogP contribution in [0.3, 0.4) is 0 Å². The van der Waals surface area contributed by atoms with Crippen LogP contribution in [0.4, 0.5) is 0 Å². The average Bonchev–Trinajstić information content (AvgIpc) is 2.10. The van der Waals surface area contributed by atoms with E-state index in [2.05, 4.69) is 0 Å². The van der Waals surface area contributed by atoms with Gasteiger partial charge in [-0.05, 0) is 0 Å². The van der Waals surface area contributed by atoms with Crippen molar-refractivity contribution in [1.29, 1.82) is 0 Å². The van der Waals surface area contributed by atoms with Gasteiger partial charge >= 0.3 is 11.9 Å². The molecule has 0 aromatic rings. The second-order valence-corrected chi connectivity index (χ2v) is 4.78. The Bertz CT molecular complexity index is 355. The minimum Gasteiger partial charge on any atom is -0.550 e. The van der Waals surface area contributed by atoms with Gasteiger partial charge < -0.3 is 24.2 Å². The van der Waals surface area contributed by atoms with E-state index in [9.17, 15) is 19.5 Å². The Morgan fingerprint density at radius 3 is 2.22 bits per heavy atom. The van der Waals surface area contributed by atoms with Crippen molar-refractivity contribution >= 4 is 17.9 Å². The molecule has 18 heavy (non-hydrogen) atoms. The maximum Gasteiger partial charge on any atom is 0.331 e. The van der Waals surface area contributed by atoms with Gasteiger partial charge in [0.2, 0.25) is 0 Å². The number of hydrogen-bond acceptors (Lipinski definition) is 5. The molecule has 0 aliphatic carbocycles. The highest BCUT2D eigenvalue weighted by Gasteiger charge is 2.21. The number of esters is 1. The fourth-order valence-electron chi connectivity index (χ4n) is 1.28. The molecular weight excluding hydrogens is 242 g/mol. The summed E-state index contributed by atoms with van der Waals surface area (Å²) in [7, 11) is 5.43. The van der Waals surface area contributed by atoms with E-state index in [0.717, 1.165) is 6.08 Å². The normalized spacial score (nSPS) is 13.3. The number of hydrogen-bond donors (Lipinski definition) is 1. The lowest BCUT2D eigenvalue weighted by Crippen LogP contribution is -2.45. The molecule has 7 heteroatoms. The summed E-state index contributed by atoms with van der Waals surface area (Å²) in [6, 6.07) is 0. The predicted octanol–water partition coefficient (Wildman–Crippen LogP) is -1.61. The van der Waals surface area contributed by atoms with Crippen LogP contribution in [-0.4, -0.2) is 61.3 Å². The summed E-state index contributed by atoms with van der Waals surface area (Å²) in [4.78, 5) is 31.9. The van der Waals surface area contributed by atoms with Crippen molar-refractivity contribution in [3.8, 4) is 0 Å². The van der Waals surface area contributed by atoms with E-state index in [4.69, 9.17) is 9.84 Å². The lowest BCUT2D eigenvalue weighted by Gasteiger charge is -2.28. The summed E-state index contributed by atoms with van der Waals surface area (Å²) in [5.74, 6) is -3.50. The van der Waals surface area contributed by atoms with E-state index in [1.54, 1.807) is 0 Å². The maximum atomic E-state index is 11.2. The minimum absolute atomic E-state index is 0.278. The molecular formula is C11H17NO6. The fraction of sp³-hybridized carbons (Fsp3) is 0.545. The van der Waals surface area contributed by atoms with Gasteiger partial charge in [-0.15, -0.1) is 0 Å². The lowest BCUT2D eigenvalue weighted by molar-refractivity contribution is -0.873. The second kappa shape index (κ2) is 6.75. The SMILES string of the molecule is C[N+](C)(C)C[C@@H](CC(=O)[O-])OC(=O)/C=C/C(=O)O. The van der Waals surface area contributed by atoms with Crippen LogP contribution in [0.2, 0.25) is 0 Å². The molecule has 0 amide bonds. The number of aliphatic carboxylic acids is 2. The van der Waals surface area contributed by atoms with Gasteiger partial charge in [0, 0.05) is 24.5 Å². The monoisotopic (exact) mass is 259 g/mol. The largest absolute Gasteiger partial charge is 0.550 e. The van der Waals surface area contributed by atoms with Gasteiger partial charge in [0.25, 0.3) is 0 Å². The first-order valence-corrected chi connectivity index (χ1v) is 5.22. The summed E-state index contributed by atoms with van der Waals surface area (Å²) in [5, 5.41) is 18.8. The van der Waals surface area contributed by atoms with Crippen molar-refractivity contribution in [2.24, 2.45) is 0 Å². The third kappa shape index (κ3) is 9.34. The first kappa shape index (κ1) is 16.1. The molecule has 0 aromatic carbocycles. The first-order valence-electron chi connectivity index (χ1n) is 5.22. The first-order chi connectivity index (χ1) is 8.10. The number of ether oxygens (including phenoxy) is 1. The summed E-state index contributed by atoms with van der Waals surface area (Å²) >= 11 is 0. The van der Waals surface area contributed by atoms with Crippen LogP contribution in [0.25, 0.3) is 0 Å². The molecule has 0 bridgehead atoms. The molecule has 102 valence electrons. The van der Waals surface area contributed by atoms with Crippen LogP contribution in [-0.2, 0) is 19.1 Å². The van der Waals surface area contributed by atoms with E-state index < -0.39 is 30.4 Å². The van der Waals surface area contributed by atoms with Crippen molar-refractivity contribution in [3.05, 3.63) is 12.2 Å². The zero-order chi connectivity index (χ0) is 14.3. The molecule has 0 saturated carbocycles. The molecule has 0 radical (unpaired) electrons. The second-order valence-electron chi connectivity index (χ2n) is 4.78. The molecule has 1 N–H and O–H groups in total. The molecule has 0 saturated heterocycles. The van der Waals surface area contributed by atoms with E-state index in [1.807, 2.05) is 21.1 Å². The Morgan fingerprint density at radius 1 is 1.28 bits per heavy atom. The van der Waals surface area contributed by atoms with Crippen LogP contribution >= 0.6 is 0 Å². The zero-order valence-electron chi connectivity index (χ0n) is 10.6. The maximum absolute atomic E-state index is 11.2. The predicted molar refractivity (Wildman–Crippen MR) is 59.2 cm³/mol. The summed E-state index contributed by atoms with van der Waals surface area (Å²) in [5.41, 5.74) is 0. The molecule has 0 heterocycles. The van der Waals surface area contributed by atoms with Gasteiger partial charge in [-0.1, -0.05) is 0 Å². The molecule has 0 aromatic heterocycles. The number of nitrogens with zero attached hydrogens (tertiary/aromatic N) is 1. The highest BCUT2D eigenvalue weighted by molar-refractivity contribution is 5.90. The number of rotatable bonds is 7. The van der Waals surface area contributed by atoms with Crippen LogP contribution in [0.5, 0.6) is 0 Å². The molecule has 1 atom stereocenters. The topological polar surface area (TPSA) is 104 Å². The van der Waals surface area contributed by atoms with Crippen LogP contribution < -0.4 is 5.11 Å².